The highest BCUT2D eigenvalue weighted by Crippen LogP contribution is 2.18. The van der Waals surface area contributed by atoms with Crippen molar-refractivity contribution >= 4 is 22.8 Å². The maximum Gasteiger partial charge on any atom is 0.212 e. The number of morpholine rings is 1. The second-order valence-electron chi connectivity index (χ2n) is 4.35. The molecule has 0 amide bonds. The summed E-state index contributed by atoms with van der Waals surface area (Å²) in [5.41, 5.74) is 4.01. The van der Waals surface area contributed by atoms with Crippen molar-refractivity contribution in [3.8, 4) is 0 Å². The van der Waals surface area contributed by atoms with Crippen molar-refractivity contribution in [2.75, 3.05) is 31.2 Å². The van der Waals surface area contributed by atoms with Crippen LogP contribution < -0.4 is 4.90 Å². The smallest absolute Gasteiger partial charge is 0.212 e. The number of nitrogens with zero attached hydrogens (tertiary/aromatic N) is 2. The first-order valence-electron chi connectivity index (χ1n) is 6.20. The number of aromatic nitrogens is 1. The van der Waals surface area contributed by atoms with Crippen LogP contribution in [0, 0.1) is 0 Å². The fourth-order valence-electron chi connectivity index (χ4n) is 2.12. The van der Waals surface area contributed by atoms with E-state index in [0.717, 1.165) is 32.0 Å². The van der Waals surface area contributed by atoms with Gasteiger partial charge in [-0.05, 0) is 24.3 Å². The number of hydrogen-bond acceptors (Lipinski definition) is 5. The fourth-order valence-corrected chi connectivity index (χ4v) is 2.65. The summed E-state index contributed by atoms with van der Waals surface area (Å²) in [7, 11) is 0. The van der Waals surface area contributed by atoms with Crippen molar-refractivity contribution in [2.24, 2.45) is 0 Å². The molecule has 0 saturated carbocycles. The molecule has 0 unspecified atom stereocenters. The van der Waals surface area contributed by atoms with Gasteiger partial charge < -0.3 is 9.64 Å². The van der Waals surface area contributed by atoms with Gasteiger partial charge in [-0.3, -0.25) is 4.79 Å². The number of hydrogen-bond donors (Lipinski definition) is 0. The van der Waals surface area contributed by atoms with Gasteiger partial charge in [0, 0.05) is 29.7 Å². The van der Waals surface area contributed by atoms with E-state index in [1.807, 2.05) is 24.3 Å². The second-order valence-corrected chi connectivity index (χ2v) is 5.07. The number of anilines is 1. The average Bonchev–Trinajstić information content (AvgIpc) is 3.02. The molecule has 2 aromatic rings. The summed E-state index contributed by atoms with van der Waals surface area (Å²) in [6.07, 6.45) is 0. The molecule has 4 nitrogen and oxygen atoms in total. The molecule has 0 radical (unpaired) electrons. The van der Waals surface area contributed by atoms with Gasteiger partial charge in [0.2, 0.25) is 5.78 Å². The highest BCUT2D eigenvalue weighted by Gasteiger charge is 2.13. The third-order valence-electron chi connectivity index (χ3n) is 3.17. The number of thiazole rings is 1. The minimum atomic E-state index is -0.0187. The van der Waals surface area contributed by atoms with Gasteiger partial charge in [0.15, 0.2) is 0 Å². The van der Waals surface area contributed by atoms with Crippen LogP contribution in [0.1, 0.15) is 16.1 Å². The molecule has 5 heteroatoms. The number of rotatable bonds is 3. The summed E-state index contributed by atoms with van der Waals surface area (Å²) in [4.78, 5) is 18.4. The standard InChI is InChI=1S/C14H14N2O2S/c17-14(13-9-19-10-15-13)11-1-3-12(4-2-11)16-5-7-18-8-6-16/h1-4,9-10H,5-8H2. The number of benzene rings is 1. The van der Waals surface area contributed by atoms with Crippen LogP contribution in [0.3, 0.4) is 0 Å². The molecule has 0 spiro atoms. The van der Waals surface area contributed by atoms with E-state index in [-0.39, 0.29) is 5.78 Å². The van der Waals surface area contributed by atoms with Gasteiger partial charge in [0.05, 0.1) is 18.7 Å². The molecule has 0 aliphatic carbocycles. The quantitative estimate of drug-likeness (QED) is 0.805. The first-order valence-corrected chi connectivity index (χ1v) is 7.14. The SMILES string of the molecule is O=C(c1ccc(N2CCOCC2)cc1)c1cscn1. The average molecular weight is 274 g/mol. The Morgan fingerprint density at radius 2 is 1.95 bits per heavy atom. The van der Waals surface area contributed by atoms with Crippen molar-refractivity contribution in [1.82, 2.24) is 4.98 Å². The molecular formula is C14H14N2O2S. The van der Waals surface area contributed by atoms with Crippen LogP contribution in [0.15, 0.2) is 35.2 Å². The normalized spacial score (nSPS) is 15.5. The molecule has 0 bridgehead atoms. The number of ether oxygens (including phenoxy) is 1. The number of carbonyl (C=O) groups is 1. The molecule has 19 heavy (non-hydrogen) atoms. The molecule has 1 aliphatic rings. The van der Waals surface area contributed by atoms with E-state index in [4.69, 9.17) is 4.74 Å². The predicted molar refractivity (Wildman–Crippen MR) is 75.0 cm³/mol. The molecule has 1 fully saturated rings. The third-order valence-corrected chi connectivity index (χ3v) is 3.76. The van der Waals surface area contributed by atoms with E-state index in [1.54, 1.807) is 10.9 Å². The molecule has 3 rings (SSSR count). The lowest BCUT2D eigenvalue weighted by molar-refractivity contribution is 0.103. The fraction of sp³-hybridized carbons (Fsp3) is 0.286. The first-order chi connectivity index (χ1) is 9.34. The topological polar surface area (TPSA) is 42.4 Å². The molecule has 2 heterocycles. The highest BCUT2D eigenvalue weighted by atomic mass is 32.1. The molecule has 1 saturated heterocycles. The molecule has 0 atom stereocenters. The Kier molecular flexibility index (Phi) is 3.57. The Balaban J connectivity index is 1.77. The third kappa shape index (κ3) is 2.67. The first kappa shape index (κ1) is 12.3. The van der Waals surface area contributed by atoms with Crippen molar-refractivity contribution < 1.29 is 9.53 Å². The Labute approximate surface area is 115 Å². The van der Waals surface area contributed by atoms with Gasteiger partial charge in [-0.25, -0.2) is 4.98 Å². The maximum absolute atomic E-state index is 12.1. The molecular weight excluding hydrogens is 260 g/mol. The van der Waals surface area contributed by atoms with Crippen LogP contribution in [0.4, 0.5) is 5.69 Å². The van der Waals surface area contributed by atoms with E-state index in [2.05, 4.69) is 9.88 Å². The van der Waals surface area contributed by atoms with Gasteiger partial charge >= 0.3 is 0 Å². The van der Waals surface area contributed by atoms with Crippen LogP contribution in [0.25, 0.3) is 0 Å². The van der Waals surface area contributed by atoms with E-state index in [0.29, 0.717) is 11.3 Å². The van der Waals surface area contributed by atoms with E-state index in [9.17, 15) is 4.79 Å². The van der Waals surface area contributed by atoms with Crippen LogP contribution >= 0.6 is 11.3 Å². The van der Waals surface area contributed by atoms with E-state index in [1.165, 1.54) is 11.3 Å². The molecule has 1 aromatic heterocycles. The minimum absolute atomic E-state index is 0.0187. The zero-order chi connectivity index (χ0) is 13.1. The Morgan fingerprint density at radius 3 is 2.58 bits per heavy atom. The lowest BCUT2D eigenvalue weighted by Gasteiger charge is -2.28. The van der Waals surface area contributed by atoms with Gasteiger partial charge in [0.25, 0.3) is 0 Å². The van der Waals surface area contributed by atoms with Crippen LogP contribution in [0.2, 0.25) is 0 Å². The van der Waals surface area contributed by atoms with Gasteiger partial charge in [-0.1, -0.05) is 0 Å². The lowest BCUT2D eigenvalue weighted by atomic mass is 10.1. The van der Waals surface area contributed by atoms with Crippen molar-refractivity contribution in [1.29, 1.82) is 0 Å². The monoisotopic (exact) mass is 274 g/mol. The summed E-state index contributed by atoms with van der Waals surface area (Å²) in [6.45, 7) is 3.33. The van der Waals surface area contributed by atoms with Crippen molar-refractivity contribution in [3.63, 3.8) is 0 Å². The van der Waals surface area contributed by atoms with Crippen molar-refractivity contribution in [3.05, 3.63) is 46.4 Å². The molecule has 1 aliphatic heterocycles. The lowest BCUT2D eigenvalue weighted by Crippen LogP contribution is -2.36. The number of ketones is 1. The van der Waals surface area contributed by atoms with E-state index >= 15 is 0 Å². The van der Waals surface area contributed by atoms with E-state index < -0.39 is 0 Å². The molecule has 98 valence electrons. The molecule has 0 N–H and O–H groups in total. The maximum atomic E-state index is 12.1. The molecule has 1 aromatic carbocycles. The Bertz CT molecular complexity index is 545. The zero-order valence-corrected chi connectivity index (χ0v) is 11.2. The summed E-state index contributed by atoms with van der Waals surface area (Å²) in [6, 6.07) is 7.72. The highest BCUT2D eigenvalue weighted by molar-refractivity contribution is 7.07. The summed E-state index contributed by atoms with van der Waals surface area (Å²) in [5, 5.41) is 1.78. The minimum Gasteiger partial charge on any atom is -0.378 e. The Morgan fingerprint density at radius 1 is 1.21 bits per heavy atom. The number of carbonyl (C=O) groups excluding carboxylic acids is 1. The van der Waals surface area contributed by atoms with Crippen molar-refractivity contribution in [2.45, 2.75) is 0 Å². The predicted octanol–water partition coefficient (Wildman–Crippen LogP) is 2.21. The Hall–Kier alpha value is -1.72. The van der Waals surface area contributed by atoms with Crippen LogP contribution in [0.5, 0.6) is 0 Å². The van der Waals surface area contributed by atoms with Crippen LogP contribution in [-0.2, 0) is 4.74 Å². The second kappa shape index (κ2) is 5.50. The van der Waals surface area contributed by atoms with Crippen LogP contribution in [-0.4, -0.2) is 37.1 Å². The zero-order valence-electron chi connectivity index (χ0n) is 10.4. The summed E-state index contributed by atoms with van der Waals surface area (Å²) < 4.78 is 5.33. The van der Waals surface area contributed by atoms with Gasteiger partial charge in [0.1, 0.15) is 5.69 Å². The summed E-state index contributed by atoms with van der Waals surface area (Å²) >= 11 is 1.43. The largest absolute Gasteiger partial charge is 0.378 e. The van der Waals surface area contributed by atoms with Gasteiger partial charge in [-0.15, -0.1) is 11.3 Å². The van der Waals surface area contributed by atoms with Gasteiger partial charge in [-0.2, -0.15) is 0 Å². The summed E-state index contributed by atoms with van der Waals surface area (Å²) in [5.74, 6) is -0.0187.